The molecule has 0 amide bonds. The SMILES string of the molecule is CC1=NCCSC1C. The standard InChI is InChI=1S/C6H11NS/c1-5-6(2)8-4-3-7-5/h6H,3-4H2,1-2H3. The Morgan fingerprint density at radius 1 is 1.75 bits per heavy atom. The molecule has 0 aromatic carbocycles. The average molecular weight is 129 g/mol. The smallest absolute Gasteiger partial charge is 0.0479 e. The van der Waals surface area contributed by atoms with Gasteiger partial charge in [0.15, 0.2) is 0 Å². The summed E-state index contributed by atoms with van der Waals surface area (Å²) in [6.45, 7) is 5.35. The molecule has 0 N–H and O–H groups in total. The van der Waals surface area contributed by atoms with Gasteiger partial charge in [0.2, 0.25) is 0 Å². The highest BCUT2D eigenvalue weighted by Gasteiger charge is 2.08. The lowest BCUT2D eigenvalue weighted by atomic mass is 10.3. The van der Waals surface area contributed by atoms with Gasteiger partial charge in [-0.3, -0.25) is 4.99 Å². The minimum atomic E-state index is 0.670. The van der Waals surface area contributed by atoms with Crippen LogP contribution in [-0.4, -0.2) is 23.3 Å². The summed E-state index contributed by atoms with van der Waals surface area (Å²) in [5.74, 6) is 1.21. The molecule has 0 aliphatic carbocycles. The molecule has 1 heterocycles. The molecular weight excluding hydrogens is 118 g/mol. The number of aliphatic imine (C=N–C) groups is 1. The van der Waals surface area contributed by atoms with Crippen molar-refractivity contribution in [1.82, 2.24) is 0 Å². The van der Waals surface area contributed by atoms with Gasteiger partial charge in [-0.15, -0.1) is 0 Å². The first-order valence-electron chi connectivity index (χ1n) is 2.93. The van der Waals surface area contributed by atoms with Crippen LogP contribution in [0, 0.1) is 0 Å². The minimum absolute atomic E-state index is 0.670. The summed E-state index contributed by atoms with van der Waals surface area (Å²) in [5, 5.41) is 0.670. The van der Waals surface area contributed by atoms with Crippen molar-refractivity contribution >= 4 is 17.5 Å². The summed E-state index contributed by atoms with van der Waals surface area (Å²) in [4.78, 5) is 4.31. The zero-order valence-electron chi connectivity index (χ0n) is 5.35. The summed E-state index contributed by atoms with van der Waals surface area (Å²) in [6, 6.07) is 0. The maximum absolute atomic E-state index is 4.31. The quantitative estimate of drug-likeness (QED) is 0.483. The molecule has 1 rings (SSSR count). The monoisotopic (exact) mass is 129 g/mol. The molecule has 0 saturated carbocycles. The van der Waals surface area contributed by atoms with E-state index in [1.807, 2.05) is 11.8 Å². The Morgan fingerprint density at radius 2 is 2.50 bits per heavy atom. The number of rotatable bonds is 0. The van der Waals surface area contributed by atoms with Crippen molar-refractivity contribution in [2.45, 2.75) is 19.1 Å². The predicted molar refractivity (Wildman–Crippen MR) is 39.9 cm³/mol. The van der Waals surface area contributed by atoms with Crippen molar-refractivity contribution in [3.63, 3.8) is 0 Å². The average Bonchev–Trinajstić information content (AvgIpc) is 1.77. The third kappa shape index (κ3) is 1.25. The van der Waals surface area contributed by atoms with Gasteiger partial charge in [0, 0.05) is 23.3 Å². The fraction of sp³-hybridized carbons (Fsp3) is 0.833. The first kappa shape index (κ1) is 6.14. The topological polar surface area (TPSA) is 12.4 Å². The maximum Gasteiger partial charge on any atom is 0.0479 e. The lowest BCUT2D eigenvalue weighted by Crippen LogP contribution is -2.16. The molecule has 0 aromatic rings. The molecule has 1 aliphatic rings. The van der Waals surface area contributed by atoms with Crippen LogP contribution in [0.1, 0.15) is 13.8 Å². The van der Waals surface area contributed by atoms with Gasteiger partial charge in [0.05, 0.1) is 0 Å². The molecule has 0 radical (unpaired) electrons. The maximum atomic E-state index is 4.31. The highest BCUT2D eigenvalue weighted by Crippen LogP contribution is 2.15. The van der Waals surface area contributed by atoms with Crippen LogP contribution in [0.15, 0.2) is 4.99 Å². The van der Waals surface area contributed by atoms with Crippen LogP contribution in [0.4, 0.5) is 0 Å². The van der Waals surface area contributed by atoms with Crippen molar-refractivity contribution in [2.24, 2.45) is 4.99 Å². The Bertz CT molecular complexity index is 109. The summed E-state index contributed by atoms with van der Waals surface area (Å²) >= 11 is 2.00. The lowest BCUT2D eigenvalue weighted by Gasteiger charge is -2.14. The van der Waals surface area contributed by atoms with E-state index in [1.54, 1.807) is 0 Å². The third-order valence-corrected chi connectivity index (χ3v) is 2.67. The van der Waals surface area contributed by atoms with Crippen LogP contribution < -0.4 is 0 Å². The van der Waals surface area contributed by atoms with E-state index < -0.39 is 0 Å². The Labute approximate surface area is 54.6 Å². The van der Waals surface area contributed by atoms with E-state index in [4.69, 9.17) is 0 Å². The summed E-state index contributed by atoms with van der Waals surface area (Å²) < 4.78 is 0. The van der Waals surface area contributed by atoms with Crippen LogP contribution in [0.5, 0.6) is 0 Å². The van der Waals surface area contributed by atoms with Crippen molar-refractivity contribution in [2.75, 3.05) is 12.3 Å². The van der Waals surface area contributed by atoms with Crippen molar-refractivity contribution < 1.29 is 0 Å². The van der Waals surface area contributed by atoms with E-state index in [2.05, 4.69) is 18.8 Å². The molecule has 0 aromatic heterocycles. The molecule has 0 spiro atoms. The second-order valence-electron chi connectivity index (χ2n) is 2.04. The number of thioether (sulfide) groups is 1. The van der Waals surface area contributed by atoms with E-state index in [9.17, 15) is 0 Å². The van der Waals surface area contributed by atoms with Crippen LogP contribution >= 0.6 is 11.8 Å². The van der Waals surface area contributed by atoms with Gasteiger partial charge in [-0.25, -0.2) is 0 Å². The Morgan fingerprint density at radius 3 is 2.88 bits per heavy atom. The molecule has 1 aliphatic heterocycles. The summed E-state index contributed by atoms with van der Waals surface area (Å²) in [5.41, 5.74) is 1.31. The number of hydrogen-bond acceptors (Lipinski definition) is 2. The van der Waals surface area contributed by atoms with E-state index in [0.29, 0.717) is 5.25 Å². The second-order valence-corrected chi connectivity index (χ2v) is 3.48. The fourth-order valence-corrected chi connectivity index (χ4v) is 1.57. The Balaban J connectivity index is 2.53. The van der Waals surface area contributed by atoms with Gasteiger partial charge in [0.25, 0.3) is 0 Å². The number of hydrogen-bond donors (Lipinski definition) is 0. The van der Waals surface area contributed by atoms with Crippen molar-refractivity contribution in [3.8, 4) is 0 Å². The largest absolute Gasteiger partial charge is 0.292 e. The molecule has 1 unspecified atom stereocenters. The van der Waals surface area contributed by atoms with E-state index in [-0.39, 0.29) is 0 Å². The first-order chi connectivity index (χ1) is 3.80. The molecule has 2 heteroatoms. The molecule has 1 nitrogen and oxygen atoms in total. The van der Waals surface area contributed by atoms with Crippen molar-refractivity contribution in [1.29, 1.82) is 0 Å². The predicted octanol–water partition coefficient (Wildman–Crippen LogP) is 1.58. The van der Waals surface area contributed by atoms with Gasteiger partial charge in [-0.1, -0.05) is 0 Å². The first-order valence-corrected chi connectivity index (χ1v) is 3.98. The van der Waals surface area contributed by atoms with Crippen LogP contribution in [0.3, 0.4) is 0 Å². The Kier molecular flexibility index (Phi) is 1.95. The molecule has 0 saturated heterocycles. The van der Waals surface area contributed by atoms with Gasteiger partial charge >= 0.3 is 0 Å². The van der Waals surface area contributed by atoms with Crippen LogP contribution in [-0.2, 0) is 0 Å². The number of nitrogens with zero attached hydrogens (tertiary/aromatic N) is 1. The molecule has 0 bridgehead atoms. The van der Waals surface area contributed by atoms with E-state index in [0.717, 1.165) is 6.54 Å². The zero-order valence-corrected chi connectivity index (χ0v) is 6.16. The van der Waals surface area contributed by atoms with Crippen molar-refractivity contribution in [3.05, 3.63) is 0 Å². The molecular formula is C6H11NS. The zero-order chi connectivity index (χ0) is 5.98. The van der Waals surface area contributed by atoms with E-state index in [1.165, 1.54) is 11.5 Å². The Hall–Kier alpha value is 0.0200. The summed E-state index contributed by atoms with van der Waals surface area (Å²) in [7, 11) is 0. The van der Waals surface area contributed by atoms with E-state index >= 15 is 0 Å². The normalized spacial score (nSPS) is 29.8. The fourth-order valence-electron chi connectivity index (χ4n) is 0.701. The second kappa shape index (κ2) is 2.53. The third-order valence-electron chi connectivity index (χ3n) is 1.41. The highest BCUT2D eigenvalue weighted by molar-refractivity contribution is 8.00. The summed E-state index contributed by atoms with van der Waals surface area (Å²) in [6.07, 6.45) is 0. The molecule has 1 atom stereocenters. The van der Waals surface area contributed by atoms with Gasteiger partial charge in [-0.05, 0) is 13.8 Å². The highest BCUT2D eigenvalue weighted by atomic mass is 32.2. The van der Waals surface area contributed by atoms with Crippen LogP contribution in [0.25, 0.3) is 0 Å². The minimum Gasteiger partial charge on any atom is -0.292 e. The van der Waals surface area contributed by atoms with Gasteiger partial charge in [0.1, 0.15) is 0 Å². The van der Waals surface area contributed by atoms with Gasteiger partial charge < -0.3 is 0 Å². The van der Waals surface area contributed by atoms with Crippen LogP contribution in [0.2, 0.25) is 0 Å². The van der Waals surface area contributed by atoms with Gasteiger partial charge in [-0.2, -0.15) is 11.8 Å². The molecule has 0 fully saturated rings. The molecule has 46 valence electrons. The lowest BCUT2D eigenvalue weighted by molar-refractivity contribution is 1.08. The molecule has 8 heavy (non-hydrogen) atoms.